The topological polar surface area (TPSA) is 121 Å². The van der Waals surface area contributed by atoms with Crippen LogP contribution in [0.2, 0.25) is 0 Å². The number of nitrogens with one attached hydrogen (secondary N) is 1. The van der Waals surface area contributed by atoms with Gasteiger partial charge in [-0.15, -0.1) is 0 Å². The molecule has 2 aromatic rings. The second-order valence-corrected chi connectivity index (χ2v) is 7.67. The van der Waals surface area contributed by atoms with Crippen molar-refractivity contribution in [3.8, 4) is 29.4 Å². The number of nitriles is 2. The van der Waals surface area contributed by atoms with Gasteiger partial charge in [-0.1, -0.05) is 38.5 Å². The zero-order valence-electron chi connectivity index (χ0n) is 20.7. The molecule has 8 nitrogen and oxygen atoms in total. The summed E-state index contributed by atoms with van der Waals surface area (Å²) in [5.41, 5.74) is 0.892. The molecule has 2 aromatic carbocycles. The highest BCUT2D eigenvalue weighted by Crippen LogP contribution is 2.30. The lowest BCUT2D eigenvalue weighted by molar-refractivity contribution is -0.129. The molecule has 0 bridgehead atoms. The molecule has 0 aliphatic heterocycles. The molecule has 0 saturated heterocycles. The Morgan fingerprint density at radius 2 is 1.58 bits per heavy atom. The monoisotopic (exact) mass is 487 g/mol. The van der Waals surface area contributed by atoms with Gasteiger partial charge in [0.15, 0.2) is 11.5 Å². The maximum absolute atomic E-state index is 12.7. The molecule has 8 heteroatoms. The predicted molar refractivity (Wildman–Crippen MR) is 136 cm³/mol. The molecule has 1 amide bonds. The maximum atomic E-state index is 12.7. The van der Waals surface area contributed by atoms with Gasteiger partial charge in [-0.3, -0.25) is 4.79 Å². The van der Waals surface area contributed by atoms with E-state index >= 15 is 0 Å². The molecule has 0 saturated carbocycles. The highest BCUT2D eigenvalue weighted by molar-refractivity contribution is 6.02. The largest absolute Gasteiger partial charge is 0.494 e. The highest BCUT2D eigenvalue weighted by Gasteiger charge is 2.16. The fourth-order valence-corrected chi connectivity index (χ4v) is 2.96. The number of benzene rings is 2. The molecule has 0 aliphatic carbocycles. The zero-order chi connectivity index (χ0) is 26.3. The molecule has 0 aromatic heterocycles. The summed E-state index contributed by atoms with van der Waals surface area (Å²) in [5.74, 6) is -0.316. The van der Waals surface area contributed by atoms with E-state index in [-0.39, 0.29) is 22.6 Å². The van der Waals surface area contributed by atoms with Crippen LogP contribution in [-0.4, -0.2) is 32.1 Å². The maximum Gasteiger partial charge on any atom is 0.354 e. The standard InChI is InChI=1S/C28H29N3O5/c1-4-6-14-35-24-10-7-20(8-11-24)15-23(19-30)28(33)36-25-12-9-21(17-26(25)34-3)16-22(18-29)27(32)31-13-5-2/h7-12,15-17H,4-6,13-14H2,1-3H3,(H,31,32). The molecule has 36 heavy (non-hydrogen) atoms. The number of carbonyl (C=O) groups is 2. The van der Waals surface area contributed by atoms with E-state index in [1.54, 1.807) is 30.3 Å². The lowest BCUT2D eigenvalue weighted by atomic mass is 10.1. The van der Waals surface area contributed by atoms with E-state index in [2.05, 4.69) is 12.2 Å². The summed E-state index contributed by atoms with van der Waals surface area (Å²) < 4.78 is 16.3. The third-order valence-corrected chi connectivity index (χ3v) is 4.90. The van der Waals surface area contributed by atoms with Crippen LogP contribution in [0.3, 0.4) is 0 Å². The molecule has 0 radical (unpaired) electrons. The molecular formula is C28H29N3O5. The quantitative estimate of drug-likeness (QED) is 0.150. The van der Waals surface area contributed by atoms with Gasteiger partial charge in [0.1, 0.15) is 29.0 Å². The predicted octanol–water partition coefficient (Wildman–Crippen LogP) is 4.82. The second kappa shape index (κ2) is 14.6. The van der Waals surface area contributed by atoms with Crippen molar-refractivity contribution in [2.24, 2.45) is 0 Å². The first kappa shape index (κ1) is 27.7. The smallest absolute Gasteiger partial charge is 0.354 e. The Bertz CT molecular complexity index is 1200. The number of unbranched alkanes of at least 4 members (excludes halogenated alkanes) is 1. The van der Waals surface area contributed by atoms with Gasteiger partial charge in [-0.05, 0) is 60.4 Å². The fraction of sp³-hybridized carbons (Fsp3) is 0.286. The van der Waals surface area contributed by atoms with E-state index < -0.39 is 11.9 Å². The number of nitrogens with zero attached hydrogens (tertiary/aromatic N) is 2. The van der Waals surface area contributed by atoms with Crippen LogP contribution < -0.4 is 19.5 Å². The molecule has 2 rings (SSSR count). The minimum absolute atomic E-state index is 0.0632. The zero-order valence-corrected chi connectivity index (χ0v) is 20.7. The van der Waals surface area contributed by atoms with Crippen molar-refractivity contribution in [3.05, 3.63) is 64.7 Å². The summed E-state index contributed by atoms with van der Waals surface area (Å²) in [6.45, 7) is 5.08. The van der Waals surface area contributed by atoms with Crippen molar-refractivity contribution in [1.82, 2.24) is 5.32 Å². The average molecular weight is 488 g/mol. The van der Waals surface area contributed by atoms with Crippen LogP contribution >= 0.6 is 0 Å². The molecule has 186 valence electrons. The SMILES string of the molecule is CCCCOc1ccc(C=C(C#N)C(=O)Oc2ccc(C=C(C#N)C(=O)NCCC)cc2OC)cc1. The number of amides is 1. The van der Waals surface area contributed by atoms with Gasteiger partial charge in [-0.2, -0.15) is 10.5 Å². The van der Waals surface area contributed by atoms with Crippen LogP contribution in [-0.2, 0) is 9.59 Å². The Labute approximate surface area is 211 Å². The van der Waals surface area contributed by atoms with E-state index in [4.69, 9.17) is 14.2 Å². The van der Waals surface area contributed by atoms with E-state index in [1.807, 2.05) is 19.1 Å². The second-order valence-electron chi connectivity index (χ2n) is 7.67. The van der Waals surface area contributed by atoms with Crippen molar-refractivity contribution in [2.75, 3.05) is 20.3 Å². The summed E-state index contributed by atoms with van der Waals surface area (Å²) in [5, 5.41) is 21.4. The Hall–Kier alpha value is -4.56. The Kier molecular flexibility index (Phi) is 11.3. The number of rotatable bonds is 12. The van der Waals surface area contributed by atoms with E-state index in [0.29, 0.717) is 30.0 Å². The fourth-order valence-electron chi connectivity index (χ4n) is 2.96. The van der Waals surface area contributed by atoms with Crippen LogP contribution in [0.5, 0.6) is 17.2 Å². The normalized spacial score (nSPS) is 11.1. The van der Waals surface area contributed by atoms with Crippen LogP contribution in [0, 0.1) is 22.7 Å². The first-order valence-electron chi connectivity index (χ1n) is 11.6. The summed E-state index contributed by atoms with van der Waals surface area (Å²) in [7, 11) is 1.39. The third kappa shape index (κ3) is 8.34. The minimum atomic E-state index is -0.848. The number of methoxy groups -OCH3 is 1. The lowest BCUT2D eigenvalue weighted by Crippen LogP contribution is -2.25. The Balaban J connectivity index is 2.18. The first-order chi connectivity index (χ1) is 17.4. The molecule has 0 fully saturated rings. The van der Waals surface area contributed by atoms with Gasteiger partial charge in [-0.25, -0.2) is 4.79 Å². The Morgan fingerprint density at radius 1 is 0.917 bits per heavy atom. The minimum Gasteiger partial charge on any atom is -0.494 e. The number of hydrogen-bond donors (Lipinski definition) is 1. The highest BCUT2D eigenvalue weighted by atomic mass is 16.6. The number of esters is 1. The van der Waals surface area contributed by atoms with Crippen LogP contribution in [0.1, 0.15) is 44.2 Å². The van der Waals surface area contributed by atoms with Crippen LogP contribution in [0.15, 0.2) is 53.6 Å². The number of hydrogen-bond acceptors (Lipinski definition) is 7. The van der Waals surface area contributed by atoms with Crippen molar-refractivity contribution in [2.45, 2.75) is 33.1 Å². The van der Waals surface area contributed by atoms with E-state index in [1.165, 1.54) is 31.4 Å². The van der Waals surface area contributed by atoms with Gasteiger partial charge < -0.3 is 19.5 Å². The average Bonchev–Trinajstić information content (AvgIpc) is 2.90. The molecule has 0 aliphatic rings. The van der Waals surface area contributed by atoms with E-state index in [0.717, 1.165) is 19.3 Å². The van der Waals surface area contributed by atoms with Crippen molar-refractivity contribution < 1.29 is 23.8 Å². The Morgan fingerprint density at radius 3 is 2.19 bits per heavy atom. The molecule has 0 atom stereocenters. The molecule has 1 N–H and O–H groups in total. The molecular weight excluding hydrogens is 458 g/mol. The van der Waals surface area contributed by atoms with Gasteiger partial charge in [0.25, 0.3) is 5.91 Å². The van der Waals surface area contributed by atoms with Gasteiger partial charge in [0.2, 0.25) is 0 Å². The van der Waals surface area contributed by atoms with E-state index in [9.17, 15) is 20.1 Å². The van der Waals surface area contributed by atoms with Gasteiger partial charge in [0.05, 0.1) is 13.7 Å². The van der Waals surface area contributed by atoms with Gasteiger partial charge >= 0.3 is 5.97 Å². The first-order valence-corrected chi connectivity index (χ1v) is 11.6. The van der Waals surface area contributed by atoms with Crippen LogP contribution in [0.4, 0.5) is 0 Å². The third-order valence-electron chi connectivity index (χ3n) is 4.90. The number of carbonyl (C=O) groups excluding carboxylic acids is 2. The molecule has 0 unspecified atom stereocenters. The van der Waals surface area contributed by atoms with Crippen LogP contribution in [0.25, 0.3) is 12.2 Å². The van der Waals surface area contributed by atoms with Crippen molar-refractivity contribution in [3.63, 3.8) is 0 Å². The summed E-state index contributed by atoms with van der Waals surface area (Å²) in [4.78, 5) is 24.7. The summed E-state index contributed by atoms with van der Waals surface area (Å²) in [6.07, 6.45) is 5.58. The van der Waals surface area contributed by atoms with Crippen molar-refractivity contribution in [1.29, 1.82) is 10.5 Å². The number of ether oxygens (including phenoxy) is 3. The summed E-state index contributed by atoms with van der Waals surface area (Å²) in [6, 6.07) is 15.4. The lowest BCUT2D eigenvalue weighted by Gasteiger charge is -2.10. The van der Waals surface area contributed by atoms with Gasteiger partial charge in [0, 0.05) is 6.54 Å². The summed E-state index contributed by atoms with van der Waals surface area (Å²) >= 11 is 0. The van der Waals surface area contributed by atoms with Crippen molar-refractivity contribution >= 4 is 24.0 Å². The molecule has 0 spiro atoms. The molecule has 0 heterocycles.